The normalized spacial score (nSPS) is 9.43. The zero-order chi connectivity index (χ0) is 38.4. The summed E-state index contributed by atoms with van der Waals surface area (Å²) in [7, 11) is 2.64. The minimum atomic E-state index is -0.442. The lowest BCUT2D eigenvalue weighted by atomic mass is 10.1. The molecular weight excluding hydrogens is 694 g/mol. The van der Waals surface area contributed by atoms with Crippen LogP contribution in [0.2, 0.25) is 5.02 Å². The molecule has 0 aromatic heterocycles. The number of likely N-dealkylation sites (N-methyl/N-ethyl adjacent to an activating group) is 2. The Bertz CT molecular complexity index is 1480. The van der Waals surface area contributed by atoms with Crippen LogP contribution in [0.3, 0.4) is 0 Å². The second-order valence-corrected chi connectivity index (χ2v) is 10.3. The summed E-state index contributed by atoms with van der Waals surface area (Å²) in [6, 6.07) is 8.41. The van der Waals surface area contributed by atoms with E-state index in [0.717, 1.165) is 25.7 Å². The zero-order valence-electron chi connectivity index (χ0n) is 29.0. The summed E-state index contributed by atoms with van der Waals surface area (Å²) in [6.07, 6.45) is 4.51. The van der Waals surface area contributed by atoms with Gasteiger partial charge in [0.05, 0.1) is 37.8 Å². The highest BCUT2D eigenvalue weighted by Gasteiger charge is 2.20. The lowest BCUT2D eigenvalue weighted by Crippen LogP contribution is -2.31. The molecule has 2 rings (SSSR count). The van der Waals surface area contributed by atoms with Crippen molar-refractivity contribution in [3.05, 3.63) is 51.4 Å². The molecule has 0 aliphatic rings. The molecule has 17 nitrogen and oxygen atoms in total. The van der Waals surface area contributed by atoms with E-state index in [1.54, 1.807) is 40.1 Å². The molecule has 0 atom stereocenters. The minimum absolute atomic E-state index is 0.0260. The molecule has 0 saturated heterocycles. The van der Waals surface area contributed by atoms with Crippen LogP contribution in [0, 0.1) is 0 Å². The summed E-state index contributed by atoms with van der Waals surface area (Å²) < 4.78 is 27.8. The number of carbonyl (C=O) groups is 3. The van der Waals surface area contributed by atoms with Crippen molar-refractivity contribution in [3.63, 3.8) is 0 Å². The third-order valence-corrected chi connectivity index (χ3v) is 6.99. The number of halogens is 1. The fraction of sp³-hybridized carbons (Fsp3) is 0.485. The van der Waals surface area contributed by atoms with Gasteiger partial charge in [0.2, 0.25) is 0 Å². The van der Waals surface area contributed by atoms with Crippen molar-refractivity contribution in [3.8, 4) is 17.2 Å². The van der Waals surface area contributed by atoms with Gasteiger partial charge in [-0.1, -0.05) is 29.6 Å². The van der Waals surface area contributed by atoms with Crippen LogP contribution in [0.1, 0.15) is 49.9 Å². The Labute approximate surface area is 300 Å². The van der Waals surface area contributed by atoms with Gasteiger partial charge >= 0.3 is 24.2 Å². The van der Waals surface area contributed by atoms with E-state index in [4.69, 9.17) is 60.0 Å². The summed E-state index contributed by atoms with van der Waals surface area (Å²) in [5.41, 5.74) is 9.86. The molecule has 0 saturated carbocycles. The molecule has 0 aliphatic heterocycles. The molecule has 0 amide bonds. The average Bonchev–Trinajstić information content (AvgIpc) is 3.13. The number of ether oxygens (including phenoxy) is 5. The maximum Gasteiger partial charge on any atom is 0.373 e. The van der Waals surface area contributed by atoms with E-state index < -0.39 is 11.9 Å². The predicted octanol–water partition coefficient (Wildman–Crippen LogP) is 4.69. The van der Waals surface area contributed by atoms with E-state index in [9.17, 15) is 14.4 Å². The van der Waals surface area contributed by atoms with Crippen molar-refractivity contribution >= 4 is 53.5 Å². The second-order valence-electron chi connectivity index (χ2n) is 9.85. The van der Waals surface area contributed by atoms with Crippen LogP contribution in [0.5, 0.6) is 17.2 Å². The molecule has 0 fully saturated rings. The van der Waals surface area contributed by atoms with E-state index >= 15 is 0 Å². The van der Waals surface area contributed by atoms with Crippen LogP contribution in [0.25, 0.3) is 10.4 Å². The smallest absolute Gasteiger partial charge is 0.373 e. The Hall–Kier alpha value is -5.59. The van der Waals surface area contributed by atoms with Gasteiger partial charge in [-0.15, -0.1) is 0 Å². The SMILES string of the molecule is CCN(CC(=O)OC)c1cc(Cl)ccc1OCCOc1cc(OCCCCCCN=[N+]=[N-])c(C=O)cc1N(CC)CC(=O)OC.O=C=O.O=C=O. The van der Waals surface area contributed by atoms with Gasteiger partial charge < -0.3 is 33.5 Å². The number of hydrogen-bond acceptors (Lipinski definition) is 15. The summed E-state index contributed by atoms with van der Waals surface area (Å²) >= 11 is 6.24. The van der Waals surface area contributed by atoms with Crippen LogP contribution in [0.4, 0.5) is 11.4 Å². The first kappa shape index (κ1) is 45.4. The molecule has 18 heteroatoms. The van der Waals surface area contributed by atoms with Crippen molar-refractivity contribution in [2.75, 3.05) is 76.6 Å². The van der Waals surface area contributed by atoms with Gasteiger partial charge in [-0.2, -0.15) is 19.2 Å². The number of nitrogens with zero attached hydrogens (tertiary/aromatic N) is 5. The van der Waals surface area contributed by atoms with Gasteiger partial charge in [0, 0.05) is 35.6 Å². The van der Waals surface area contributed by atoms with Crippen molar-refractivity contribution in [1.82, 2.24) is 0 Å². The molecule has 2 aromatic rings. The summed E-state index contributed by atoms with van der Waals surface area (Å²) in [5.74, 6) is 0.427. The van der Waals surface area contributed by atoms with E-state index in [1.807, 2.05) is 13.8 Å². The molecule has 278 valence electrons. The van der Waals surface area contributed by atoms with Crippen LogP contribution < -0.4 is 24.0 Å². The standard InChI is InChI=1S/C31H42ClN5O8.2CO2/c1-5-36(20-30(39)41-3)25-17-23(22-38)28(43-14-10-8-7-9-13-34-35-33)19-29(25)45-16-15-44-27-12-11-24(32)18-26(27)37(6-2)21-31(40)42-4;2*2-1-3/h11-12,17-19,22H,5-10,13-16,20-21H2,1-4H3;;. The highest BCUT2D eigenvalue weighted by molar-refractivity contribution is 6.31. The summed E-state index contributed by atoms with van der Waals surface area (Å²) in [4.78, 5) is 74.9. The van der Waals surface area contributed by atoms with E-state index in [2.05, 4.69) is 10.0 Å². The number of benzene rings is 2. The fourth-order valence-electron chi connectivity index (χ4n) is 4.35. The first-order valence-electron chi connectivity index (χ1n) is 15.6. The van der Waals surface area contributed by atoms with Gasteiger partial charge in [0.1, 0.15) is 43.6 Å². The molecule has 0 unspecified atom stereocenters. The van der Waals surface area contributed by atoms with Crippen LogP contribution in [-0.2, 0) is 38.2 Å². The van der Waals surface area contributed by atoms with Gasteiger partial charge in [-0.25, -0.2) is 0 Å². The zero-order valence-corrected chi connectivity index (χ0v) is 29.7. The molecule has 0 radical (unpaired) electrons. The van der Waals surface area contributed by atoms with Crippen LogP contribution in [-0.4, -0.2) is 97.3 Å². The largest absolute Gasteiger partial charge is 0.493 e. The molecular formula is C33H42ClN5O12. The monoisotopic (exact) mass is 735 g/mol. The fourth-order valence-corrected chi connectivity index (χ4v) is 4.52. The number of azide groups is 1. The maximum absolute atomic E-state index is 12.1. The molecule has 0 heterocycles. The number of aldehydes is 1. The Morgan fingerprint density at radius 3 is 1.80 bits per heavy atom. The number of carbonyl (C=O) groups excluding carboxylic acids is 7. The van der Waals surface area contributed by atoms with Crippen molar-refractivity contribution in [2.24, 2.45) is 5.11 Å². The number of rotatable bonds is 22. The number of methoxy groups -OCH3 is 2. The third-order valence-electron chi connectivity index (χ3n) is 6.75. The number of hydrogen-bond donors (Lipinski definition) is 0. The predicted molar refractivity (Wildman–Crippen MR) is 182 cm³/mol. The Balaban J connectivity index is 0.00000387. The maximum atomic E-state index is 12.1. The topological polar surface area (TPSA) is 221 Å². The van der Waals surface area contributed by atoms with Crippen molar-refractivity contribution in [2.45, 2.75) is 39.5 Å². The summed E-state index contributed by atoms with van der Waals surface area (Å²) in [5, 5.41) is 4.02. The lowest BCUT2D eigenvalue weighted by Gasteiger charge is -2.26. The molecule has 2 aromatic carbocycles. The average molecular weight is 736 g/mol. The van der Waals surface area contributed by atoms with Crippen LogP contribution in [0.15, 0.2) is 35.4 Å². The summed E-state index contributed by atoms with van der Waals surface area (Å²) in [6.45, 7) is 5.79. The van der Waals surface area contributed by atoms with Gasteiger partial charge in [-0.3, -0.25) is 14.4 Å². The molecule has 0 aliphatic carbocycles. The number of anilines is 2. The van der Waals surface area contributed by atoms with Crippen molar-refractivity contribution in [1.29, 1.82) is 0 Å². The second kappa shape index (κ2) is 28.3. The van der Waals surface area contributed by atoms with Gasteiger partial charge in [-0.05, 0) is 56.5 Å². The molecule has 0 bridgehead atoms. The molecule has 51 heavy (non-hydrogen) atoms. The lowest BCUT2D eigenvalue weighted by molar-refractivity contribution is -0.193. The Kier molecular flexibility index (Phi) is 25.2. The molecule has 0 N–H and O–H groups in total. The van der Waals surface area contributed by atoms with E-state index in [-0.39, 0.29) is 38.6 Å². The number of esters is 2. The first-order valence-corrected chi connectivity index (χ1v) is 16.0. The van der Waals surface area contributed by atoms with Crippen LogP contribution >= 0.6 is 11.6 Å². The van der Waals surface area contributed by atoms with Gasteiger partial charge in [0.15, 0.2) is 6.29 Å². The van der Waals surface area contributed by atoms with Gasteiger partial charge in [0.25, 0.3) is 0 Å². The highest BCUT2D eigenvalue weighted by atomic mass is 35.5. The molecule has 0 spiro atoms. The third kappa shape index (κ3) is 18.1. The van der Waals surface area contributed by atoms with E-state index in [0.29, 0.717) is 71.7 Å². The Morgan fingerprint density at radius 1 is 0.784 bits per heavy atom. The Morgan fingerprint density at radius 2 is 1.29 bits per heavy atom. The van der Waals surface area contributed by atoms with E-state index in [1.165, 1.54) is 14.2 Å². The highest BCUT2D eigenvalue weighted by Crippen LogP contribution is 2.36. The van der Waals surface area contributed by atoms with Crippen molar-refractivity contribution < 1.29 is 57.2 Å². The quantitative estimate of drug-likeness (QED) is 0.0400. The minimum Gasteiger partial charge on any atom is -0.493 e. The number of unbranched alkanes of at least 4 members (excludes halogenated alkanes) is 3. The first-order chi connectivity index (χ1) is 24.6.